The second kappa shape index (κ2) is 18.1. The Labute approximate surface area is 318 Å². The maximum atomic E-state index is 11.7. The monoisotopic (exact) mass is 742 g/mol. The molecule has 2 heterocycles. The molecule has 0 bridgehead atoms. The van der Waals surface area contributed by atoms with Crippen LogP contribution in [0.25, 0.3) is 0 Å². The number of dihydropyridines is 1. The van der Waals surface area contributed by atoms with Crippen LogP contribution >= 0.6 is 0 Å². The van der Waals surface area contributed by atoms with E-state index in [1.54, 1.807) is 31.2 Å². The highest BCUT2D eigenvalue weighted by Crippen LogP contribution is 2.42. The summed E-state index contributed by atoms with van der Waals surface area (Å²) in [6.45, 7) is 4.89. The molecule has 3 aliphatic carbocycles. The Morgan fingerprint density at radius 3 is 2.59 bits per heavy atom. The predicted octanol–water partition coefficient (Wildman–Crippen LogP) is 3.11. The van der Waals surface area contributed by atoms with Gasteiger partial charge in [-0.3, -0.25) is 0 Å². The van der Waals surface area contributed by atoms with Crippen molar-refractivity contribution in [3.63, 3.8) is 0 Å². The molecule has 2 aromatic rings. The summed E-state index contributed by atoms with van der Waals surface area (Å²) < 4.78 is 6.54. The van der Waals surface area contributed by atoms with Gasteiger partial charge in [0, 0.05) is 60.6 Å². The van der Waals surface area contributed by atoms with Crippen molar-refractivity contribution in [2.24, 2.45) is 35.3 Å². The summed E-state index contributed by atoms with van der Waals surface area (Å²) in [6.07, 6.45) is 11.7. The molecule has 11 heteroatoms. The van der Waals surface area contributed by atoms with Crippen LogP contribution in [0.3, 0.4) is 0 Å². The number of benzene rings is 1. The second-order valence-corrected chi connectivity index (χ2v) is 15.6. The van der Waals surface area contributed by atoms with Crippen molar-refractivity contribution >= 4 is 0 Å². The lowest BCUT2D eigenvalue weighted by molar-refractivity contribution is -0.0608. The Morgan fingerprint density at radius 2 is 1.85 bits per heavy atom. The van der Waals surface area contributed by atoms with Crippen LogP contribution in [0.15, 0.2) is 84.4 Å². The van der Waals surface area contributed by atoms with E-state index in [0.29, 0.717) is 44.6 Å². The van der Waals surface area contributed by atoms with Crippen molar-refractivity contribution in [2.45, 2.75) is 101 Å². The zero-order chi connectivity index (χ0) is 38.4. The molecular weight excluding hydrogens is 684 g/mol. The molecule has 6 rings (SSSR count). The Hall–Kier alpha value is -4.02. The number of aromatic hydroxyl groups is 1. The molecule has 4 aliphatic rings. The van der Waals surface area contributed by atoms with Gasteiger partial charge in [0.2, 0.25) is 0 Å². The number of nitrogens with one attached hydrogen (secondary N) is 3. The van der Waals surface area contributed by atoms with E-state index in [9.17, 15) is 30.6 Å². The summed E-state index contributed by atoms with van der Waals surface area (Å²) in [7, 11) is 0. The number of aliphatic hydroxyl groups is 5. The van der Waals surface area contributed by atoms with Gasteiger partial charge in [0.25, 0.3) is 0 Å². The summed E-state index contributed by atoms with van der Waals surface area (Å²) >= 11 is 0. The number of rotatable bonds is 11. The first kappa shape index (κ1) is 39.7. The average molecular weight is 743 g/mol. The number of nitrogens with two attached hydrogens (primary N) is 1. The number of phenolic OH excluding ortho intramolecular Hbond substituents is 1. The number of aliphatic hydroxyl groups excluding tert-OH is 5. The van der Waals surface area contributed by atoms with Gasteiger partial charge in [0.1, 0.15) is 18.3 Å². The molecule has 0 radical (unpaired) electrons. The lowest BCUT2D eigenvalue weighted by atomic mass is 9.74. The summed E-state index contributed by atoms with van der Waals surface area (Å²) in [5.74, 6) is 5.89. The number of fused-ring (bicyclic) bond motifs is 1. The molecule has 1 aromatic heterocycles. The van der Waals surface area contributed by atoms with Gasteiger partial charge in [-0.1, -0.05) is 55.2 Å². The van der Waals surface area contributed by atoms with Crippen LogP contribution in [-0.2, 0) is 6.42 Å². The van der Waals surface area contributed by atoms with E-state index < -0.39 is 48.5 Å². The van der Waals surface area contributed by atoms with Gasteiger partial charge in [0.05, 0.1) is 24.1 Å². The third-order valence-electron chi connectivity index (χ3n) is 11.6. The summed E-state index contributed by atoms with van der Waals surface area (Å²) in [6, 6.07) is 9.13. The van der Waals surface area contributed by atoms with Crippen LogP contribution in [-0.4, -0.2) is 91.4 Å². The Morgan fingerprint density at radius 1 is 1.02 bits per heavy atom. The van der Waals surface area contributed by atoms with Crippen LogP contribution in [0, 0.1) is 41.4 Å². The number of hydrogen-bond donors (Lipinski definition) is 10. The second-order valence-electron chi connectivity index (χ2n) is 15.6. The topological polar surface area (TPSA) is 196 Å². The highest BCUT2D eigenvalue weighted by Gasteiger charge is 2.42. The van der Waals surface area contributed by atoms with E-state index in [1.807, 2.05) is 42.6 Å². The molecule has 1 aromatic carbocycles. The summed E-state index contributed by atoms with van der Waals surface area (Å²) in [5, 5.41) is 73.0. The van der Waals surface area contributed by atoms with E-state index in [2.05, 4.69) is 40.5 Å². The number of allylic oxidation sites excluding steroid dienone is 4. The number of hydrogen-bond acceptors (Lipinski definition) is 10. The molecule has 54 heavy (non-hydrogen) atoms. The molecule has 0 saturated carbocycles. The highest BCUT2D eigenvalue weighted by atomic mass is 16.5. The standard InChI is InChI=1S/C43H58N4O7/c1-3-26-6-7-27-8-9-28(20-38(52)41(27)36(50)14-11-32(19-26)47-24-25(2)48)29-10-13-35(49)39(21-29)54-43-33(12-15-37(51)42(43)53)34(23-31-5-4-17-45-31)30-16-18-46-40(44)22-30/h4-5,8-10,12-13,15-17,21-22,25-28,32-34,36-38,41-43,45-53H,3,11,14,18-20,23-24,44H2,1-2H3/t25-,26-,27-,28-,32-,33-,34+,36-,37-,38+,41+,42-,43-/m0/s1. The molecule has 0 fully saturated rings. The van der Waals surface area contributed by atoms with E-state index in [0.717, 1.165) is 29.7 Å². The van der Waals surface area contributed by atoms with Crippen molar-refractivity contribution in [3.8, 4) is 23.3 Å². The Bertz CT molecular complexity index is 1730. The zero-order valence-corrected chi connectivity index (χ0v) is 31.3. The molecule has 0 amide bonds. The SMILES string of the molecule is CC[C@H]1C#C[C@H]2C=C[C@H](c3ccc(O)c(O[C@@H]4[C@@H](O)[C@@H](O)C=C[C@H]4[C@H](Cc4ccc[nH]4)C4=CCNC(N)=C4)c3)C[C@@H](O)[C@H]2[C@@H](O)CC[C@H](NC[C@H](C)O)C1. The fourth-order valence-electron chi connectivity index (χ4n) is 8.54. The Kier molecular flexibility index (Phi) is 13.3. The van der Waals surface area contributed by atoms with Gasteiger partial charge in [-0.2, -0.15) is 0 Å². The minimum atomic E-state index is -1.28. The van der Waals surface area contributed by atoms with Crippen LogP contribution in [0.2, 0.25) is 0 Å². The average Bonchev–Trinajstić information content (AvgIpc) is 3.61. The first-order chi connectivity index (χ1) is 26.0. The van der Waals surface area contributed by atoms with Gasteiger partial charge < -0.3 is 56.7 Å². The molecule has 292 valence electrons. The van der Waals surface area contributed by atoms with Gasteiger partial charge in [-0.25, -0.2) is 0 Å². The number of H-pyrrole nitrogens is 1. The van der Waals surface area contributed by atoms with Gasteiger partial charge >= 0.3 is 0 Å². The minimum Gasteiger partial charge on any atom is -0.504 e. The Balaban J connectivity index is 1.26. The van der Waals surface area contributed by atoms with Crippen molar-refractivity contribution in [1.82, 2.24) is 15.6 Å². The predicted molar refractivity (Wildman–Crippen MR) is 208 cm³/mol. The number of aromatic nitrogens is 1. The minimum absolute atomic E-state index is 0.0975. The van der Waals surface area contributed by atoms with Crippen LogP contribution < -0.4 is 21.1 Å². The molecule has 0 spiro atoms. The smallest absolute Gasteiger partial charge is 0.161 e. The first-order valence-electron chi connectivity index (χ1n) is 19.5. The summed E-state index contributed by atoms with van der Waals surface area (Å²) in [4.78, 5) is 3.28. The van der Waals surface area contributed by atoms with Crippen molar-refractivity contribution in [3.05, 3.63) is 95.6 Å². The van der Waals surface area contributed by atoms with Crippen LogP contribution in [0.4, 0.5) is 0 Å². The number of phenols is 1. The zero-order valence-electron chi connectivity index (χ0n) is 31.3. The normalized spacial score (nSPS) is 33.8. The lowest BCUT2D eigenvalue weighted by Gasteiger charge is -2.39. The van der Waals surface area contributed by atoms with Crippen LogP contribution in [0.1, 0.15) is 63.1 Å². The van der Waals surface area contributed by atoms with Gasteiger partial charge in [-0.15, -0.1) is 0 Å². The number of ether oxygens (including phenoxy) is 1. The third kappa shape index (κ3) is 9.61. The maximum Gasteiger partial charge on any atom is 0.161 e. The molecule has 11 N–H and O–H groups in total. The van der Waals surface area contributed by atoms with Gasteiger partial charge in [0.15, 0.2) is 11.5 Å². The van der Waals surface area contributed by atoms with E-state index in [4.69, 9.17) is 10.5 Å². The van der Waals surface area contributed by atoms with E-state index >= 15 is 0 Å². The molecule has 1 aliphatic heterocycles. The third-order valence-corrected chi connectivity index (χ3v) is 11.6. The van der Waals surface area contributed by atoms with Crippen LogP contribution in [0.5, 0.6) is 11.5 Å². The van der Waals surface area contributed by atoms with Crippen molar-refractivity contribution in [2.75, 3.05) is 13.1 Å². The molecule has 11 nitrogen and oxygen atoms in total. The van der Waals surface area contributed by atoms with E-state index in [1.165, 1.54) is 0 Å². The fourth-order valence-corrected chi connectivity index (χ4v) is 8.54. The maximum absolute atomic E-state index is 11.7. The van der Waals surface area contributed by atoms with E-state index in [-0.39, 0.29) is 41.2 Å². The lowest BCUT2D eigenvalue weighted by Crippen LogP contribution is -2.50. The largest absolute Gasteiger partial charge is 0.504 e. The first-order valence-corrected chi connectivity index (χ1v) is 19.5. The molecular formula is C43H58N4O7. The van der Waals surface area contributed by atoms with Gasteiger partial charge in [-0.05, 0) is 92.8 Å². The molecule has 0 unspecified atom stereocenters. The van der Waals surface area contributed by atoms with Crippen molar-refractivity contribution in [1.29, 1.82) is 0 Å². The van der Waals surface area contributed by atoms with Crippen molar-refractivity contribution < 1.29 is 35.4 Å². The summed E-state index contributed by atoms with van der Waals surface area (Å²) in [5.41, 5.74) is 8.95. The fraction of sp³-hybridized carbons (Fsp3) is 0.535. The molecule has 0 saturated heterocycles. The molecule has 13 atom stereocenters. The number of aromatic amines is 1. The highest BCUT2D eigenvalue weighted by molar-refractivity contribution is 5.45. The quantitative estimate of drug-likeness (QED) is 0.121.